The number of nitrogens with zero attached hydrogens (tertiary/aromatic N) is 1. The lowest BCUT2D eigenvalue weighted by Gasteiger charge is -2.33. The molecule has 1 aliphatic heterocycles. The van der Waals surface area contributed by atoms with Gasteiger partial charge in [-0.1, -0.05) is 12.7 Å². The van der Waals surface area contributed by atoms with E-state index in [2.05, 4.69) is 11.9 Å². The highest BCUT2D eigenvalue weighted by Crippen LogP contribution is 2.33. The molecular formula is C17H21F3N2O2. The van der Waals surface area contributed by atoms with E-state index >= 15 is 0 Å². The van der Waals surface area contributed by atoms with Crippen LogP contribution in [0.4, 0.5) is 13.2 Å². The number of ether oxygens (including phenoxy) is 1. The lowest BCUT2D eigenvalue weighted by Crippen LogP contribution is -2.47. The van der Waals surface area contributed by atoms with Crippen LogP contribution in [0.25, 0.3) is 0 Å². The Morgan fingerprint density at radius 3 is 2.88 bits per heavy atom. The Kier molecular flexibility index (Phi) is 5.88. The molecule has 4 nitrogen and oxygen atoms in total. The zero-order chi connectivity index (χ0) is 17.7. The van der Waals surface area contributed by atoms with E-state index in [1.54, 1.807) is 4.90 Å². The maximum atomic E-state index is 13.0. The smallest absolute Gasteiger partial charge is 0.416 e. The van der Waals surface area contributed by atoms with Crippen LogP contribution in [0, 0.1) is 0 Å². The molecule has 24 heavy (non-hydrogen) atoms. The number of hydrogen-bond donors (Lipinski definition) is 1. The second kappa shape index (κ2) is 7.70. The number of likely N-dealkylation sites (N-methyl/N-ethyl adjacent to an activating group) is 1. The van der Waals surface area contributed by atoms with Crippen molar-refractivity contribution in [2.45, 2.75) is 25.1 Å². The Morgan fingerprint density at radius 2 is 2.25 bits per heavy atom. The highest BCUT2D eigenvalue weighted by Gasteiger charge is 2.33. The molecule has 0 bridgehead atoms. The minimum atomic E-state index is -4.51. The largest absolute Gasteiger partial charge is 0.489 e. The van der Waals surface area contributed by atoms with Crippen LogP contribution in [0.3, 0.4) is 0 Å². The number of likely N-dealkylation sites (tertiary alicyclic amines) is 1. The predicted octanol–water partition coefficient (Wildman–Crippen LogP) is 3.09. The van der Waals surface area contributed by atoms with Crippen LogP contribution < -0.4 is 10.1 Å². The molecule has 1 amide bonds. The monoisotopic (exact) mass is 342 g/mol. The van der Waals surface area contributed by atoms with Crippen molar-refractivity contribution in [3.05, 3.63) is 42.0 Å². The van der Waals surface area contributed by atoms with Crippen LogP contribution in [0.15, 0.2) is 30.9 Å². The third kappa shape index (κ3) is 4.29. The summed E-state index contributed by atoms with van der Waals surface area (Å²) in [5.74, 6) is -0.306. The fourth-order valence-corrected chi connectivity index (χ4v) is 2.72. The summed E-state index contributed by atoms with van der Waals surface area (Å²) in [6.07, 6.45) is -1.30. The van der Waals surface area contributed by atoms with Gasteiger partial charge in [0.1, 0.15) is 12.4 Å². The Morgan fingerprint density at radius 1 is 1.50 bits per heavy atom. The quantitative estimate of drug-likeness (QED) is 0.836. The van der Waals surface area contributed by atoms with Crippen LogP contribution in [0.1, 0.15) is 28.8 Å². The van der Waals surface area contributed by atoms with Crippen molar-refractivity contribution in [1.29, 1.82) is 0 Å². The number of carbonyl (C=O) groups is 1. The van der Waals surface area contributed by atoms with Gasteiger partial charge in [0.15, 0.2) is 0 Å². The van der Waals surface area contributed by atoms with Gasteiger partial charge in [-0.2, -0.15) is 13.2 Å². The molecule has 1 N–H and O–H groups in total. The molecule has 1 fully saturated rings. The molecule has 0 aliphatic carbocycles. The Balaban J connectivity index is 2.33. The molecule has 0 aromatic heterocycles. The second-order valence-corrected chi connectivity index (χ2v) is 5.69. The molecule has 1 atom stereocenters. The third-order valence-corrected chi connectivity index (χ3v) is 4.01. The number of alkyl halides is 3. The fourth-order valence-electron chi connectivity index (χ4n) is 2.72. The van der Waals surface area contributed by atoms with Gasteiger partial charge >= 0.3 is 6.18 Å². The van der Waals surface area contributed by atoms with Gasteiger partial charge in [0, 0.05) is 19.1 Å². The number of halogens is 3. The van der Waals surface area contributed by atoms with Gasteiger partial charge in [0.05, 0.1) is 11.1 Å². The van der Waals surface area contributed by atoms with Crippen LogP contribution >= 0.6 is 0 Å². The molecule has 0 radical (unpaired) electrons. The zero-order valence-corrected chi connectivity index (χ0v) is 13.5. The molecule has 1 saturated heterocycles. The van der Waals surface area contributed by atoms with E-state index in [1.807, 2.05) is 7.05 Å². The average Bonchev–Trinajstić information content (AvgIpc) is 2.58. The summed E-state index contributed by atoms with van der Waals surface area (Å²) in [5.41, 5.74) is -0.928. The average molecular weight is 342 g/mol. The number of benzene rings is 1. The number of carbonyl (C=O) groups excluding carboxylic acids is 1. The van der Waals surface area contributed by atoms with Crippen LogP contribution in [-0.4, -0.2) is 43.6 Å². The molecule has 1 aromatic carbocycles. The topological polar surface area (TPSA) is 41.6 Å². The molecule has 7 heteroatoms. The van der Waals surface area contributed by atoms with E-state index < -0.39 is 17.6 Å². The second-order valence-electron chi connectivity index (χ2n) is 5.69. The van der Waals surface area contributed by atoms with Crippen LogP contribution in [0.5, 0.6) is 5.75 Å². The Hall–Kier alpha value is -2.02. The third-order valence-electron chi connectivity index (χ3n) is 4.01. The molecule has 1 aliphatic rings. The lowest BCUT2D eigenvalue weighted by atomic mass is 10.0. The summed E-state index contributed by atoms with van der Waals surface area (Å²) in [6.45, 7) is 4.61. The predicted molar refractivity (Wildman–Crippen MR) is 85.1 cm³/mol. The highest BCUT2D eigenvalue weighted by atomic mass is 19.4. The van der Waals surface area contributed by atoms with Gasteiger partial charge < -0.3 is 15.0 Å². The molecular weight excluding hydrogens is 321 g/mol. The summed E-state index contributed by atoms with van der Waals surface area (Å²) < 4.78 is 44.3. The van der Waals surface area contributed by atoms with Crippen molar-refractivity contribution < 1.29 is 22.7 Å². The Bertz CT molecular complexity index is 602. The van der Waals surface area contributed by atoms with Gasteiger partial charge in [-0.15, -0.1) is 0 Å². The maximum Gasteiger partial charge on any atom is 0.416 e. The lowest BCUT2D eigenvalue weighted by molar-refractivity contribution is -0.137. The van der Waals surface area contributed by atoms with E-state index in [-0.39, 0.29) is 24.0 Å². The minimum absolute atomic E-state index is 0.0663. The number of nitrogens with one attached hydrogen (secondary N) is 1. The van der Waals surface area contributed by atoms with Crippen LogP contribution in [-0.2, 0) is 6.18 Å². The van der Waals surface area contributed by atoms with Crippen molar-refractivity contribution >= 4 is 5.91 Å². The van der Waals surface area contributed by atoms with Gasteiger partial charge in [0.25, 0.3) is 5.91 Å². The first-order valence-electron chi connectivity index (χ1n) is 7.78. The maximum absolute atomic E-state index is 13.0. The van der Waals surface area contributed by atoms with Crippen molar-refractivity contribution in [2.24, 2.45) is 0 Å². The van der Waals surface area contributed by atoms with Crippen molar-refractivity contribution in [3.63, 3.8) is 0 Å². The molecule has 132 valence electrons. The van der Waals surface area contributed by atoms with E-state index in [4.69, 9.17) is 4.74 Å². The zero-order valence-electron chi connectivity index (χ0n) is 13.5. The van der Waals surface area contributed by atoms with Crippen LogP contribution in [0.2, 0.25) is 0 Å². The normalized spacial score (nSPS) is 18.3. The summed E-state index contributed by atoms with van der Waals surface area (Å²) in [7, 11) is 1.81. The molecule has 1 unspecified atom stereocenters. The Labute approximate surface area is 139 Å². The summed E-state index contributed by atoms with van der Waals surface area (Å²) >= 11 is 0. The standard InChI is InChI=1S/C17H21F3N2O2/c1-3-9-24-15-7-6-12(17(18,19)20)10-14(15)16(23)22-8-4-5-13(11-22)21-2/h3,6-7,10,13,21H,1,4-5,8-9,11H2,2H3. The number of hydrogen-bond acceptors (Lipinski definition) is 3. The number of piperidine rings is 1. The summed E-state index contributed by atoms with van der Waals surface area (Å²) in [6, 6.07) is 3.12. The first-order chi connectivity index (χ1) is 11.4. The molecule has 2 rings (SSSR count). The summed E-state index contributed by atoms with van der Waals surface area (Å²) in [4.78, 5) is 14.3. The van der Waals surface area contributed by atoms with E-state index in [9.17, 15) is 18.0 Å². The highest BCUT2D eigenvalue weighted by molar-refractivity contribution is 5.97. The van der Waals surface area contributed by atoms with Crippen molar-refractivity contribution in [1.82, 2.24) is 10.2 Å². The number of rotatable bonds is 5. The molecule has 1 heterocycles. The fraction of sp³-hybridized carbons (Fsp3) is 0.471. The van der Waals surface area contributed by atoms with Gasteiger partial charge in [-0.05, 0) is 38.1 Å². The summed E-state index contributed by atoms with van der Waals surface area (Å²) in [5, 5.41) is 3.11. The molecule has 0 spiro atoms. The van der Waals surface area contributed by atoms with Crippen molar-refractivity contribution in [3.8, 4) is 5.75 Å². The molecule has 1 aromatic rings. The van der Waals surface area contributed by atoms with E-state index in [0.29, 0.717) is 13.1 Å². The first-order valence-corrected chi connectivity index (χ1v) is 7.78. The molecule has 0 saturated carbocycles. The van der Waals surface area contributed by atoms with Gasteiger partial charge in [-0.3, -0.25) is 4.79 Å². The SMILES string of the molecule is C=CCOc1ccc(C(F)(F)F)cc1C(=O)N1CCCC(NC)C1. The van der Waals surface area contributed by atoms with E-state index in [1.165, 1.54) is 12.1 Å². The van der Waals surface area contributed by atoms with E-state index in [0.717, 1.165) is 25.0 Å². The van der Waals surface area contributed by atoms with Gasteiger partial charge in [-0.25, -0.2) is 0 Å². The van der Waals surface area contributed by atoms with Crippen molar-refractivity contribution in [2.75, 3.05) is 26.7 Å². The van der Waals surface area contributed by atoms with Gasteiger partial charge in [0.2, 0.25) is 0 Å². The minimum Gasteiger partial charge on any atom is -0.489 e. The first kappa shape index (κ1) is 18.3. The number of amides is 1.